The van der Waals surface area contributed by atoms with Crippen molar-refractivity contribution in [2.24, 2.45) is 0 Å². The number of carbonyl (C=O) groups is 2. The fourth-order valence-electron chi connectivity index (χ4n) is 2.90. The molecule has 1 fully saturated rings. The van der Waals surface area contributed by atoms with Crippen LogP contribution in [0.2, 0.25) is 0 Å². The second-order valence-electron chi connectivity index (χ2n) is 5.76. The standard InChI is InChI=1S/C19H19NO5S/c1-24-14-8-13(9-15(10-14)25-2)17(21)20-16(19(22)23)11-26-18(20)12-6-4-3-5-7-12/h3-10,16,18H,11H2,1-2H3,(H,22,23)/t16-,18-/m0/s1. The Morgan fingerprint density at radius 3 is 2.23 bits per heavy atom. The predicted octanol–water partition coefficient (Wildman–Crippen LogP) is 3.04. The Balaban J connectivity index is 2.02. The molecule has 6 nitrogen and oxygen atoms in total. The van der Waals surface area contributed by atoms with Crippen molar-refractivity contribution in [2.45, 2.75) is 11.4 Å². The van der Waals surface area contributed by atoms with Gasteiger partial charge < -0.3 is 19.5 Å². The van der Waals surface area contributed by atoms with Crippen LogP contribution >= 0.6 is 11.8 Å². The molecular formula is C19H19NO5S. The number of carboxylic acid groups (broad SMARTS) is 1. The van der Waals surface area contributed by atoms with Crippen LogP contribution in [0.5, 0.6) is 11.5 Å². The molecule has 136 valence electrons. The average molecular weight is 373 g/mol. The Labute approximate surface area is 155 Å². The van der Waals surface area contributed by atoms with Crippen molar-refractivity contribution in [3.8, 4) is 11.5 Å². The lowest BCUT2D eigenvalue weighted by atomic mass is 10.1. The Bertz CT molecular complexity index is 789. The Morgan fingerprint density at radius 2 is 1.69 bits per heavy atom. The predicted molar refractivity (Wildman–Crippen MR) is 98.8 cm³/mol. The molecule has 1 aliphatic rings. The van der Waals surface area contributed by atoms with Crippen molar-refractivity contribution in [2.75, 3.05) is 20.0 Å². The molecule has 0 unspecified atom stereocenters. The molecule has 1 N–H and O–H groups in total. The second-order valence-corrected chi connectivity index (χ2v) is 6.88. The summed E-state index contributed by atoms with van der Waals surface area (Å²) in [6.45, 7) is 0. The Kier molecular flexibility index (Phi) is 5.37. The third-order valence-corrected chi connectivity index (χ3v) is 5.53. The summed E-state index contributed by atoms with van der Waals surface area (Å²) in [6.07, 6.45) is 0. The zero-order chi connectivity index (χ0) is 18.7. The lowest BCUT2D eigenvalue weighted by Gasteiger charge is -2.28. The van der Waals surface area contributed by atoms with E-state index in [9.17, 15) is 14.7 Å². The van der Waals surface area contributed by atoms with Gasteiger partial charge in [0.15, 0.2) is 0 Å². The molecule has 1 aliphatic heterocycles. The number of carboxylic acids is 1. The van der Waals surface area contributed by atoms with E-state index in [1.807, 2.05) is 30.3 Å². The number of thioether (sulfide) groups is 1. The molecular weight excluding hydrogens is 354 g/mol. The van der Waals surface area contributed by atoms with Crippen molar-refractivity contribution in [1.82, 2.24) is 4.90 Å². The third kappa shape index (κ3) is 3.48. The van der Waals surface area contributed by atoms with Gasteiger partial charge in [-0.1, -0.05) is 30.3 Å². The molecule has 0 saturated carbocycles. The smallest absolute Gasteiger partial charge is 0.327 e. The first-order valence-electron chi connectivity index (χ1n) is 8.00. The van der Waals surface area contributed by atoms with Crippen LogP contribution < -0.4 is 9.47 Å². The number of nitrogens with zero attached hydrogens (tertiary/aromatic N) is 1. The minimum atomic E-state index is -1.01. The lowest BCUT2D eigenvalue weighted by Crippen LogP contribution is -2.43. The number of methoxy groups -OCH3 is 2. The number of amides is 1. The van der Waals surface area contributed by atoms with E-state index >= 15 is 0 Å². The van der Waals surface area contributed by atoms with Gasteiger partial charge in [0.25, 0.3) is 5.91 Å². The highest BCUT2D eigenvalue weighted by atomic mass is 32.2. The van der Waals surface area contributed by atoms with Gasteiger partial charge in [-0.15, -0.1) is 11.8 Å². The molecule has 1 heterocycles. The summed E-state index contributed by atoms with van der Waals surface area (Å²) in [5.41, 5.74) is 1.22. The lowest BCUT2D eigenvalue weighted by molar-refractivity contribution is -0.141. The van der Waals surface area contributed by atoms with E-state index < -0.39 is 12.0 Å². The quantitative estimate of drug-likeness (QED) is 0.868. The van der Waals surface area contributed by atoms with Gasteiger partial charge in [0, 0.05) is 17.4 Å². The first-order chi connectivity index (χ1) is 12.5. The molecule has 0 bridgehead atoms. The molecule has 7 heteroatoms. The topological polar surface area (TPSA) is 76.1 Å². The minimum absolute atomic E-state index is 0.330. The molecule has 2 aromatic rings. The third-order valence-electron chi connectivity index (χ3n) is 4.20. The van der Waals surface area contributed by atoms with Crippen molar-refractivity contribution in [3.05, 3.63) is 59.7 Å². The van der Waals surface area contributed by atoms with Crippen molar-refractivity contribution >= 4 is 23.6 Å². The maximum Gasteiger partial charge on any atom is 0.327 e. The molecule has 2 atom stereocenters. The summed E-state index contributed by atoms with van der Waals surface area (Å²) >= 11 is 1.44. The van der Waals surface area contributed by atoms with Crippen LogP contribution in [0.4, 0.5) is 0 Å². The SMILES string of the molecule is COc1cc(OC)cc(C(=O)N2[C@H](C(=O)O)CS[C@H]2c2ccccc2)c1. The fraction of sp³-hybridized carbons (Fsp3) is 0.263. The summed E-state index contributed by atoms with van der Waals surface area (Å²) in [4.78, 5) is 26.4. The van der Waals surface area contributed by atoms with Crippen LogP contribution in [0.1, 0.15) is 21.3 Å². The minimum Gasteiger partial charge on any atom is -0.497 e. The maximum atomic E-state index is 13.2. The number of aliphatic carboxylic acids is 1. The normalized spacial score (nSPS) is 19.2. The number of hydrogen-bond donors (Lipinski definition) is 1. The van der Waals surface area contributed by atoms with Crippen LogP contribution in [-0.2, 0) is 4.79 Å². The molecule has 26 heavy (non-hydrogen) atoms. The summed E-state index contributed by atoms with van der Waals surface area (Å²) in [5.74, 6) is -0.0974. The monoisotopic (exact) mass is 373 g/mol. The van der Waals surface area contributed by atoms with E-state index in [2.05, 4.69) is 0 Å². The van der Waals surface area contributed by atoms with Gasteiger partial charge in [-0.05, 0) is 17.7 Å². The molecule has 0 radical (unpaired) electrons. The molecule has 0 aromatic heterocycles. The van der Waals surface area contributed by atoms with Gasteiger partial charge in [0.05, 0.1) is 14.2 Å². The summed E-state index contributed by atoms with van der Waals surface area (Å²) in [6, 6.07) is 13.4. The van der Waals surface area contributed by atoms with E-state index in [4.69, 9.17) is 9.47 Å². The summed E-state index contributed by atoms with van der Waals surface area (Å²) in [5, 5.41) is 9.23. The molecule has 0 spiro atoms. The van der Waals surface area contributed by atoms with Gasteiger partial charge in [0.1, 0.15) is 22.9 Å². The molecule has 1 amide bonds. The van der Waals surface area contributed by atoms with E-state index in [0.29, 0.717) is 22.8 Å². The van der Waals surface area contributed by atoms with E-state index in [1.54, 1.807) is 18.2 Å². The van der Waals surface area contributed by atoms with Gasteiger partial charge >= 0.3 is 5.97 Å². The van der Waals surface area contributed by atoms with Crippen molar-refractivity contribution < 1.29 is 24.2 Å². The van der Waals surface area contributed by atoms with Crippen LogP contribution in [0, 0.1) is 0 Å². The second kappa shape index (κ2) is 7.70. The van der Waals surface area contributed by atoms with E-state index in [-0.39, 0.29) is 11.3 Å². The highest BCUT2D eigenvalue weighted by Crippen LogP contribution is 2.42. The Morgan fingerprint density at radius 1 is 1.08 bits per heavy atom. The number of benzene rings is 2. The van der Waals surface area contributed by atoms with Crippen LogP contribution in [-0.4, -0.2) is 47.9 Å². The number of hydrogen-bond acceptors (Lipinski definition) is 5. The molecule has 0 aliphatic carbocycles. The largest absolute Gasteiger partial charge is 0.497 e. The zero-order valence-electron chi connectivity index (χ0n) is 14.4. The van der Waals surface area contributed by atoms with Gasteiger partial charge in [-0.2, -0.15) is 0 Å². The number of rotatable bonds is 5. The average Bonchev–Trinajstić information content (AvgIpc) is 3.13. The van der Waals surface area contributed by atoms with Crippen molar-refractivity contribution in [3.63, 3.8) is 0 Å². The van der Waals surface area contributed by atoms with Gasteiger partial charge in [-0.25, -0.2) is 4.79 Å². The maximum absolute atomic E-state index is 13.2. The van der Waals surface area contributed by atoms with Gasteiger partial charge in [-0.3, -0.25) is 4.79 Å². The first kappa shape index (κ1) is 18.1. The Hall–Kier alpha value is -2.67. The summed E-state index contributed by atoms with van der Waals surface area (Å²) in [7, 11) is 3.00. The van der Waals surface area contributed by atoms with Crippen LogP contribution in [0.25, 0.3) is 0 Å². The van der Waals surface area contributed by atoms with Gasteiger partial charge in [0.2, 0.25) is 0 Å². The molecule has 2 aromatic carbocycles. The first-order valence-corrected chi connectivity index (χ1v) is 9.05. The number of carbonyl (C=O) groups excluding carboxylic acids is 1. The van der Waals surface area contributed by atoms with E-state index in [1.165, 1.54) is 30.9 Å². The fourth-order valence-corrected chi connectivity index (χ4v) is 4.32. The van der Waals surface area contributed by atoms with Crippen molar-refractivity contribution in [1.29, 1.82) is 0 Å². The zero-order valence-corrected chi connectivity index (χ0v) is 15.2. The highest BCUT2D eigenvalue weighted by molar-refractivity contribution is 7.99. The molecule has 1 saturated heterocycles. The molecule has 3 rings (SSSR count). The van der Waals surface area contributed by atoms with Crippen LogP contribution in [0.3, 0.4) is 0 Å². The number of ether oxygens (including phenoxy) is 2. The van der Waals surface area contributed by atoms with Crippen LogP contribution in [0.15, 0.2) is 48.5 Å². The summed E-state index contributed by atoms with van der Waals surface area (Å²) < 4.78 is 10.4. The highest BCUT2D eigenvalue weighted by Gasteiger charge is 2.42. The van der Waals surface area contributed by atoms with E-state index in [0.717, 1.165) is 5.56 Å².